The summed E-state index contributed by atoms with van der Waals surface area (Å²) in [6, 6.07) is 1.21. The molecule has 1 amide bonds. The smallest absolute Gasteiger partial charge is 0.225 e. The third kappa shape index (κ3) is 3.48. The van der Waals surface area contributed by atoms with Crippen molar-refractivity contribution < 1.29 is 4.79 Å². The number of carbonyl (C=O) groups excluding carboxylic acids is 1. The quantitative estimate of drug-likeness (QED) is 0.824. The van der Waals surface area contributed by atoms with E-state index in [9.17, 15) is 4.79 Å². The van der Waals surface area contributed by atoms with E-state index in [1.807, 2.05) is 11.9 Å². The Hall–Kier alpha value is -0.610. The molecular formula is C15H29N3O. The fourth-order valence-electron chi connectivity index (χ4n) is 3.54. The Morgan fingerprint density at radius 3 is 2.63 bits per heavy atom. The molecule has 4 unspecified atom stereocenters. The maximum absolute atomic E-state index is 12.6. The van der Waals surface area contributed by atoms with Crippen molar-refractivity contribution in [2.75, 3.05) is 20.6 Å². The maximum atomic E-state index is 12.6. The molecule has 110 valence electrons. The van der Waals surface area contributed by atoms with Crippen LogP contribution in [0.25, 0.3) is 0 Å². The average Bonchev–Trinajstić information content (AvgIpc) is 2.40. The standard InChI is InChI=1S/C15H29N3O/c1-11-9-14(7-8-17(11)2)18(3)15(19)12-5-4-6-13(16)10-12/h11-14H,4-10,16H2,1-3H3. The normalized spacial score (nSPS) is 37.1. The summed E-state index contributed by atoms with van der Waals surface area (Å²) in [6.07, 6.45) is 6.29. The number of carbonyl (C=O) groups is 1. The first-order valence-electron chi connectivity index (χ1n) is 7.71. The fourth-order valence-corrected chi connectivity index (χ4v) is 3.54. The van der Waals surface area contributed by atoms with Crippen LogP contribution < -0.4 is 5.73 Å². The molecule has 2 rings (SSSR count). The lowest BCUT2D eigenvalue weighted by molar-refractivity contribution is -0.138. The second-order valence-corrected chi connectivity index (χ2v) is 6.58. The van der Waals surface area contributed by atoms with Gasteiger partial charge in [0.05, 0.1) is 0 Å². The topological polar surface area (TPSA) is 49.6 Å². The number of nitrogens with two attached hydrogens (primary N) is 1. The Bertz CT molecular complexity index is 321. The van der Waals surface area contributed by atoms with Gasteiger partial charge in [-0.15, -0.1) is 0 Å². The van der Waals surface area contributed by atoms with Crippen LogP contribution in [0.4, 0.5) is 0 Å². The number of amides is 1. The molecule has 0 aromatic carbocycles. The second-order valence-electron chi connectivity index (χ2n) is 6.58. The zero-order valence-electron chi connectivity index (χ0n) is 12.6. The van der Waals surface area contributed by atoms with Crippen molar-refractivity contribution in [2.24, 2.45) is 11.7 Å². The summed E-state index contributed by atoms with van der Waals surface area (Å²) in [4.78, 5) is 17.0. The first kappa shape index (κ1) is 14.8. The van der Waals surface area contributed by atoms with Crippen LogP contribution in [-0.4, -0.2) is 54.5 Å². The molecule has 0 bridgehead atoms. The Balaban J connectivity index is 1.91. The molecule has 19 heavy (non-hydrogen) atoms. The van der Waals surface area contributed by atoms with Crippen molar-refractivity contribution in [3.8, 4) is 0 Å². The lowest BCUT2D eigenvalue weighted by Crippen LogP contribution is -2.50. The minimum absolute atomic E-state index is 0.170. The van der Waals surface area contributed by atoms with Gasteiger partial charge in [0.1, 0.15) is 0 Å². The zero-order valence-corrected chi connectivity index (χ0v) is 12.6. The summed E-state index contributed by atoms with van der Waals surface area (Å²) in [5, 5.41) is 0. The predicted octanol–water partition coefficient (Wildman–Crippen LogP) is 1.45. The maximum Gasteiger partial charge on any atom is 0.225 e. The summed E-state index contributed by atoms with van der Waals surface area (Å²) in [5.41, 5.74) is 6.00. The molecule has 1 aliphatic carbocycles. The van der Waals surface area contributed by atoms with E-state index in [-0.39, 0.29) is 12.0 Å². The molecule has 1 aliphatic heterocycles. The van der Waals surface area contributed by atoms with Gasteiger partial charge in [-0.2, -0.15) is 0 Å². The molecular weight excluding hydrogens is 238 g/mol. The van der Waals surface area contributed by atoms with Crippen LogP contribution in [0.3, 0.4) is 0 Å². The molecule has 1 saturated carbocycles. The van der Waals surface area contributed by atoms with Crippen LogP contribution in [0.5, 0.6) is 0 Å². The van der Waals surface area contributed by atoms with Gasteiger partial charge in [-0.25, -0.2) is 0 Å². The highest BCUT2D eigenvalue weighted by molar-refractivity contribution is 5.79. The Kier molecular flexibility index (Phi) is 4.85. The highest BCUT2D eigenvalue weighted by Crippen LogP contribution is 2.27. The van der Waals surface area contributed by atoms with Crippen molar-refractivity contribution in [3.63, 3.8) is 0 Å². The molecule has 0 aromatic heterocycles. The Morgan fingerprint density at radius 1 is 1.26 bits per heavy atom. The van der Waals surface area contributed by atoms with E-state index in [1.165, 1.54) is 0 Å². The SMILES string of the molecule is CC1CC(N(C)C(=O)C2CCCC(N)C2)CCN1C. The third-order valence-corrected chi connectivity index (χ3v) is 5.14. The van der Waals surface area contributed by atoms with Gasteiger partial charge in [0, 0.05) is 37.6 Å². The van der Waals surface area contributed by atoms with E-state index in [0.717, 1.165) is 45.1 Å². The monoisotopic (exact) mass is 267 g/mol. The zero-order chi connectivity index (χ0) is 14.0. The molecule has 0 radical (unpaired) electrons. The van der Waals surface area contributed by atoms with Crippen molar-refractivity contribution >= 4 is 5.91 Å². The van der Waals surface area contributed by atoms with Crippen LogP contribution >= 0.6 is 0 Å². The molecule has 2 N–H and O–H groups in total. The number of rotatable bonds is 2. The first-order chi connectivity index (χ1) is 8.99. The number of nitrogens with zero attached hydrogens (tertiary/aromatic N) is 2. The van der Waals surface area contributed by atoms with Gasteiger partial charge in [-0.1, -0.05) is 6.42 Å². The molecule has 1 heterocycles. The highest BCUT2D eigenvalue weighted by atomic mass is 16.2. The van der Waals surface area contributed by atoms with Gasteiger partial charge >= 0.3 is 0 Å². The van der Waals surface area contributed by atoms with E-state index in [4.69, 9.17) is 5.73 Å². The lowest BCUT2D eigenvalue weighted by atomic mass is 9.84. The first-order valence-corrected chi connectivity index (χ1v) is 7.71. The molecule has 2 aliphatic rings. The molecule has 4 atom stereocenters. The highest BCUT2D eigenvalue weighted by Gasteiger charge is 2.33. The number of likely N-dealkylation sites (tertiary alicyclic amines) is 1. The third-order valence-electron chi connectivity index (χ3n) is 5.14. The van der Waals surface area contributed by atoms with Gasteiger partial charge in [-0.3, -0.25) is 4.79 Å². The summed E-state index contributed by atoms with van der Waals surface area (Å²) in [6.45, 7) is 3.34. The second kappa shape index (κ2) is 6.23. The lowest BCUT2D eigenvalue weighted by Gasteiger charge is -2.41. The van der Waals surface area contributed by atoms with Crippen LogP contribution in [0, 0.1) is 5.92 Å². The number of hydrogen-bond acceptors (Lipinski definition) is 3. The Morgan fingerprint density at radius 2 is 2.00 bits per heavy atom. The van der Waals surface area contributed by atoms with Crippen molar-refractivity contribution in [2.45, 2.75) is 63.6 Å². The van der Waals surface area contributed by atoms with E-state index in [0.29, 0.717) is 18.0 Å². The van der Waals surface area contributed by atoms with Crippen LogP contribution in [0.1, 0.15) is 45.4 Å². The van der Waals surface area contributed by atoms with E-state index < -0.39 is 0 Å². The molecule has 0 aromatic rings. The van der Waals surface area contributed by atoms with Crippen LogP contribution in [0.2, 0.25) is 0 Å². The van der Waals surface area contributed by atoms with Gasteiger partial charge in [0.2, 0.25) is 5.91 Å². The molecule has 2 fully saturated rings. The number of piperidine rings is 1. The molecule has 4 heteroatoms. The summed E-state index contributed by atoms with van der Waals surface area (Å²) in [5.74, 6) is 0.501. The summed E-state index contributed by atoms with van der Waals surface area (Å²) in [7, 11) is 4.16. The summed E-state index contributed by atoms with van der Waals surface area (Å²) >= 11 is 0. The fraction of sp³-hybridized carbons (Fsp3) is 0.933. The Labute approximate surface area is 117 Å². The predicted molar refractivity (Wildman–Crippen MR) is 77.8 cm³/mol. The van der Waals surface area contributed by atoms with E-state index >= 15 is 0 Å². The minimum Gasteiger partial charge on any atom is -0.342 e. The van der Waals surface area contributed by atoms with Gasteiger partial charge < -0.3 is 15.5 Å². The van der Waals surface area contributed by atoms with Gasteiger partial charge in [0.25, 0.3) is 0 Å². The number of hydrogen-bond donors (Lipinski definition) is 1. The van der Waals surface area contributed by atoms with Crippen LogP contribution in [0.15, 0.2) is 0 Å². The van der Waals surface area contributed by atoms with E-state index in [2.05, 4.69) is 18.9 Å². The molecule has 0 spiro atoms. The van der Waals surface area contributed by atoms with Crippen molar-refractivity contribution in [1.82, 2.24) is 9.80 Å². The average molecular weight is 267 g/mol. The van der Waals surface area contributed by atoms with Crippen LogP contribution in [-0.2, 0) is 4.79 Å². The van der Waals surface area contributed by atoms with Gasteiger partial charge in [0.15, 0.2) is 0 Å². The van der Waals surface area contributed by atoms with Crippen molar-refractivity contribution in [3.05, 3.63) is 0 Å². The minimum atomic E-state index is 0.170. The largest absolute Gasteiger partial charge is 0.342 e. The van der Waals surface area contributed by atoms with Gasteiger partial charge in [-0.05, 0) is 46.1 Å². The van der Waals surface area contributed by atoms with Crippen molar-refractivity contribution in [1.29, 1.82) is 0 Å². The van der Waals surface area contributed by atoms with E-state index in [1.54, 1.807) is 0 Å². The summed E-state index contributed by atoms with van der Waals surface area (Å²) < 4.78 is 0. The molecule has 1 saturated heterocycles. The molecule has 4 nitrogen and oxygen atoms in total.